The molecule has 0 saturated carbocycles. The predicted octanol–water partition coefficient (Wildman–Crippen LogP) is 0.138. The van der Waals surface area contributed by atoms with Gasteiger partial charge in [-0.15, -0.1) is 0 Å². The number of aromatic nitrogens is 2. The summed E-state index contributed by atoms with van der Waals surface area (Å²) in [7, 11) is 5.84. The minimum atomic E-state index is 0.0683. The van der Waals surface area contributed by atoms with Crippen molar-refractivity contribution in [2.75, 3.05) is 20.6 Å². The van der Waals surface area contributed by atoms with Gasteiger partial charge in [-0.2, -0.15) is 0 Å². The molecular formula is C9H17N3O. The second kappa shape index (κ2) is 4.28. The molecule has 4 nitrogen and oxygen atoms in total. The number of hydrogen-bond acceptors (Lipinski definition) is 2. The van der Waals surface area contributed by atoms with Crippen LogP contribution in [0.15, 0.2) is 17.2 Å². The van der Waals surface area contributed by atoms with Crippen LogP contribution in [0.2, 0.25) is 0 Å². The Labute approximate surface area is 78.4 Å². The summed E-state index contributed by atoms with van der Waals surface area (Å²) >= 11 is 0. The molecule has 1 aromatic rings. The molecule has 0 bridgehead atoms. The highest BCUT2D eigenvalue weighted by Gasteiger charge is 1.98. The van der Waals surface area contributed by atoms with E-state index in [9.17, 15) is 4.79 Å². The maximum atomic E-state index is 11.4. The first kappa shape index (κ1) is 10.1. The van der Waals surface area contributed by atoms with Crippen LogP contribution < -0.4 is 5.69 Å². The Morgan fingerprint density at radius 2 is 2.08 bits per heavy atom. The summed E-state index contributed by atoms with van der Waals surface area (Å²) in [6.07, 6.45) is 4.63. The van der Waals surface area contributed by atoms with Crippen LogP contribution in [0.5, 0.6) is 0 Å². The first-order valence-electron chi connectivity index (χ1n) is 4.48. The molecule has 0 spiro atoms. The van der Waals surface area contributed by atoms with Crippen LogP contribution in [0.4, 0.5) is 0 Å². The molecule has 13 heavy (non-hydrogen) atoms. The molecule has 1 aromatic heterocycles. The highest BCUT2D eigenvalue weighted by atomic mass is 16.1. The van der Waals surface area contributed by atoms with Crippen LogP contribution in [0.1, 0.15) is 6.42 Å². The summed E-state index contributed by atoms with van der Waals surface area (Å²) in [6, 6.07) is 0. The van der Waals surface area contributed by atoms with E-state index in [1.54, 1.807) is 22.4 Å². The number of imidazole rings is 1. The Morgan fingerprint density at radius 3 is 2.54 bits per heavy atom. The fourth-order valence-corrected chi connectivity index (χ4v) is 1.24. The van der Waals surface area contributed by atoms with Crippen LogP contribution >= 0.6 is 0 Å². The van der Waals surface area contributed by atoms with E-state index < -0.39 is 0 Å². The van der Waals surface area contributed by atoms with Crippen molar-refractivity contribution >= 4 is 0 Å². The molecule has 0 fully saturated rings. The summed E-state index contributed by atoms with van der Waals surface area (Å²) in [6.45, 7) is 1.82. The van der Waals surface area contributed by atoms with E-state index in [4.69, 9.17) is 0 Å². The van der Waals surface area contributed by atoms with Crippen LogP contribution in [0, 0.1) is 0 Å². The second-order valence-corrected chi connectivity index (χ2v) is 3.54. The van der Waals surface area contributed by atoms with Crippen molar-refractivity contribution in [2.45, 2.75) is 13.0 Å². The molecule has 0 aliphatic carbocycles. The maximum absolute atomic E-state index is 11.4. The van der Waals surface area contributed by atoms with Gasteiger partial charge in [0.1, 0.15) is 0 Å². The van der Waals surface area contributed by atoms with Crippen molar-refractivity contribution in [3.63, 3.8) is 0 Å². The van der Waals surface area contributed by atoms with Gasteiger partial charge in [0.2, 0.25) is 0 Å². The average Bonchev–Trinajstić information content (AvgIpc) is 2.35. The van der Waals surface area contributed by atoms with E-state index in [1.807, 2.05) is 20.3 Å². The molecule has 0 saturated heterocycles. The Hall–Kier alpha value is -1.03. The minimum Gasteiger partial charge on any atom is -0.309 e. The van der Waals surface area contributed by atoms with Gasteiger partial charge in [-0.3, -0.25) is 4.57 Å². The summed E-state index contributed by atoms with van der Waals surface area (Å²) in [4.78, 5) is 13.5. The van der Waals surface area contributed by atoms with E-state index in [2.05, 4.69) is 4.90 Å². The van der Waals surface area contributed by atoms with Crippen LogP contribution in [-0.2, 0) is 13.6 Å². The molecule has 0 unspecified atom stereocenters. The Bertz CT molecular complexity index is 311. The lowest BCUT2D eigenvalue weighted by Gasteiger charge is -2.08. The molecule has 0 atom stereocenters. The van der Waals surface area contributed by atoms with Gasteiger partial charge in [-0.05, 0) is 27.1 Å². The molecule has 0 N–H and O–H groups in total. The van der Waals surface area contributed by atoms with Gasteiger partial charge in [0.15, 0.2) is 0 Å². The molecule has 0 aliphatic rings. The number of rotatable bonds is 4. The van der Waals surface area contributed by atoms with Gasteiger partial charge in [0.25, 0.3) is 0 Å². The highest BCUT2D eigenvalue weighted by molar-refractivity contribution is 4.79. The van der Waals surface area contributed by atoms with Gasteiger partial charge >= 0.3 is 5.69 Å². The number of aryl methyl sites for hydroxylation is 2. The summed E-state index contributed by atoms with van der Waals surface area (Å²) in [5.41, 5.74) is 0.0683. The first-order chi connectivity index (χ1) is 6.11. The van der Waals surface area contributed by atoms with Crippen LogP contribution in [-0.4, -0.2) is 34.7 Å². The van der Waals surface area contributed by atoms with Crippen molar-refractivity contribution in [2.24, 2.45) is 7.05 Å². The average molecular weight is 183 g/mol. The van der Waals surface area contributed by atoms with E-state index >= 15 is 0 Å². The van der Waals surface area contributed by atoms with Gasteiger partial charge in [0.05, 0.1) is 0 Å². The minimum absolute atomic E-state index is 0.0683. The molecule has 0 amide bonds. The highest BCUT2D eigenvalue weighted by Crippen LogP contribution is 1.89. The lowest BCUT2D eigenvalue weighted by atomic mass is 10.4. The number of hydrogen-bond donors (Lipinski definition) is 0. The lowest BCUT2D eigenvalue weighted by molar-refractivity contribution is 0.384. The van der Waals surface area contributed by atoms with Gasteiger partial charge < -0.3 is 9.47 Å². The zero-order chi connectivity index (χ0) is 9.84. The van der Waals surface area contributed by atoms with Gasteiger partial charge in [0, 0.05) is 26.0 Å². The molecule has 0 aliphatic heterocycles. The Morgan fingerprint density at radius 1 is 1.38 bits per heavy atom. The van der Waals surface area contributed by atoms with Crippen molar-refractivity contribution in [1.82, 2.24) is 14.0 Å². The third kappa shape index (κ3) is 2.73. The van der Waals surface area contributed by atoms with Crippen molar-refractivity contribution < 1.29 is 0 Å². The fraction of sp³-hybridized carbons (Fsp3) is 0.667. The third-order valence-corrected chi connectivity index (χ3v) is 2.02. The first-order valence-corrected chi connectivity index (χ1v) is 4.48. The number of nitrogens with zero attached hydrogens (tertiary/aromatic N) is 3. The largest absolute Gasteiger partial charge is 0.327 e. The zero-order valence-corrected chi connectivity index (χ0v) is 8.53. The molecule has 0 radical (unpaired) electrons. The molecule has 1 heterocycles. The van der Waals surface area contributed by atoms with Crippen LogP contribution in [0.25, 0.3) is 0 Å². The summed E-state index contributed by atoms with van der Waals surface area (Å²) < 4.78 is 3.33. The standard InChI is InChI=1S/C9H17N3O/c1-10(2)5-4-6-12-8-7-11(3)9(12)13/h7-8H,4-6H2,1-3H3. The van der Waals surface area contributed by atoms with Crippen molar-refractivity contribution in [1.29, 1.82) is 0 Å². The van der Waals surface area contributed by atoms with Crippen molar-refractivity contribution in [3.05, 3.63) is 22.9 Å². The van der Waals surface area contributed by atoms with E-state index in [0.29, 0.717) is 0 Å². The fourth-order valence-electron chi connectivity index (χ4n) is 1.24. The summed E-state index contributed by atoms with van der Waals surface area (Å²) in [5, 5.41) is 0. The third-order valence-electron chi connectivity index (χ3n) is 2.02. The molecule has 0 aromatic carbocycles. The van der Waals surface area contributed by atoms with Gasteiger partial charge in [-0.25, -0.2) is 4.79 Å². The van der Waals surface area contributed by atoms with Gasteiger partial charge in [-0.1, -0.05) is 0 Å². The Balaban J connectivity index is 2.46. The van der Waals surface area contributed by atoms with Crippen molar-refractivity contribution in [3.8, 4) is 0 Å². The summed E-state index contributed by atoms with van der Waals surface area (Å²) in [5.74, 6) is 0. The van der Waals surface area contributed by atoms with Crippen LogP contribution in [0.3, 0.4) is 0 Å². The maximum Gasteiger partial charge on any atom is 0.327 e. The quantitative estimate of drug-likeness (QED) is 0.664. The molecule has 4 heteroatoms. The topological polar surface area (TPSA) is 30.2 Å². The van der Waals surface area contributed by atoms with E-state index in [1.165, 1.54) is 0 Å². The SMILES string of the molecule is CN(C)CCCn1ccn(C)c1=O. The van der Waals surface area contributed by atoms with E-state index in [-0.39, 0.29) is 5.69 Å². The Kier molecular flexibility index (Phi) is 3.31. The molecule has 74 valence electrons. The predicted molar refractivity (Wildman–Crippen MR) is 52.8 cm³/mol. The zero-order valence-electron chi connectivity index (χ0n) is 8.53. The second-order valence-electron chi connectivity index (χ2n) is 3.54. The normalized spacial score (nSPS) is 11.1. The monoisotopic (exact) mass is 183 g/mol. The molecule has 1 rings (SSSR count). The molecular weight excluding hydrogens is 166 g/mol. The smallest absolute Gasteiger partial charge is 0.309 e. The lowest BCUT2D eigenvalue weighted by Crippen LogP contribution is -2.23. The van der Waals surface area contributed by atoms with E-state index in [0.717, 1.165) is 19.5 Å².